The lowest BCUT2D eigenvalue weighted by atomic mass is 10.2. The topological polar surface area (TPSA) is 109 Å². The van der Waals surface area contributed by atoms with Crippen molar-refractivity contribution >= 4 is 22.4 Å². The third kappa shape index (κ3) is 6.18. The van der Waals surface area contributed by atoms with Gasteiger partial charge in [-0.1, -0.05) is 0 Å². The van der Waals surface area contributed by atoms with Crippen molar-refractivity contribution < 1.29 is 23.4 Å². The molecule has 1 amide bonds. The van der Waals surface area contributed by atoms with E-state index in [0.717, 1.165) is 5.56 Å². The number of benzene rings is 2. The summed E-state index contributed by atoms with van der Waals surface area (Å²) in [4.78, 5) is 16.9. The van der Waals surface area contributed by atoms with E-state index in [9.17, 15) is 4.79 Å². The normalized spacial score (nSPS) is 11.7. The highest BCUT2D eigenvalue weighted by atomic mass is 32.1. The number of carbonyl (C=O) groups is 1. The number of thiazole rings is 1. The zero-order valence-electron chi connectivity index (χ0n) is 19.0. The fraction of sp³-hybridized carbons (Fsp3) is 0.250. The summed E-state index contributed by atoms with van der Waals surface area (Å²) in [6, 6.07) is 12.3. The van der Waals surface area contributed by atoms with Crippen molar-refractivity contribution in [1.82, 2.24) is 15.2 Å². The molecule has 4 aromatic rings. The van der Waals surface area contributed by atoms with Gasteiger partial charge in [-0.3, -0.25) is 10.1 Å². The van der Waals surface area contributed by atoms with E-state index >= 15 is 0 Å². The molecule has 0 bridgehead atoms. The first-order valence-electron chi connectivity index (χ1n) is 10.6. The molecule has 0 fully saturated rings. The number of aromatic nitrogens is 3. The third-order valence-electron chi connectivity index (χ3n) is 4.85. The van der Waals surface area contributed by atoms with Gasteiger partial charge in [0.05, 0.1) is 12.7 Å². The molecule has 9 nitrogen and oxygen atoms in total. The van der Waals surface area contributed by atoms with Gasteiger partial charge in [0.1, 0.15) is 17.2 Å². The first kappa shape index (κ1) is 23.4. The second-order valence-electron chi connectivity index (χ2n) is 7.42. The zero-order chi connectivity index (χ0) is 23.9. The van der Waals surface area contributed by atoms with Gasteiger partial charge in [-0.05, 0) is 43.3 Å². The van der Waals surface area contributed by atoms with Crippen molar-refractivity contribution in [3.8, 4) is 28.7 Å². The van der Waals surface area contributed by atoms with Crippen molar-refractivity contribution in [2.75, 3.05) is 19.0 Å². The predicted molar refractivity (Wildman–Crippen MR) is 128 cm³/mol. The Labute approximate surface area is 200 Å². The number of rotatable bonds is 10. The van der Waals surface area contributed by atoms with Gasteiger partial charge in [-0.25, -0.2) is 4.98 Å². The number of carbonyl (C=O) groups excluding carboxylic acids is 1. The first-order valence-corrected chi connectivity index (χ1v) is 11.5. The standard InChI is InChI=1S/C24H24N4O5S/c1-15(30-3)8-10-31-20-12-18(22(29)26-24-25-9-11-34-24)13-21(14-20)33-19-6-4-17(5-7-19)23-28-27-16(2)32-23/h4-7,9,11-15H,8,10H2,1-3H3,(H,25,26,29). The molecule has 0 aliphatic rings. The second kappa shape index (κ2) is 10.9. The van der Waals surface area contributed by atoms with Crippen LogP contribution >= 0.6 is 11.3 Å². The summed E-state index contributed by atoms with van der Waals surface area (Å²) in [5, 5.41) is 12.9. The Morgan fingerprint density at radius 1 is 1.12 bits per heavy atom. The third-order valence-corrected chi connectivity index (χ3v) is 5.54. The molecule has 1 atom stereocenters. The van der Waals surface area contributed by atoms with Crippen LogP contribution in [0.2, 0.25) is 0 Å². The van der Waals surface area contributed by atoms with E-state index in [1.165, 1.54) is 11.3 Å². The summed E-state index contributed by atoms with van der Waals surface area (Å²) in [6.45, 7) is 4.14. The van der Waals surface area contributed by atoms with Crippen LogP contribution in [0, 0.1) is 6.92 Å². The summed E-state index contributed by atoms with van der Waals surface area (Å²) in [5.74, 6) is 2.18. The number of nitrogens with one attached hydrogen (secondary N) is 1. The van der Waals surface area contributed by atoms with Gasteiger partial charge >= 0.3 is 0 Å². The number of aryl methyl sites for hydroxylation is 1. The molecule has 2 aromatic carbocycles. The van der Waals surface area contributed by atoms with Crippen LogP contribution in [-0.4, -0.2) is 40.9 Å². The summed E-state index contributed by atoms with van der Waals surface area (Å²) in [7, 11) is 1.66. The van der Waals surface area contributed by atoms with Crippen LogP contribution in [0.1, 0.15) is 29.6 Å². The maximum atomic E-state index is 12.8. The molecule has 0 spiro atoms. The maximum Gasteiger partial charge on any atom is 0.257 e. The minimum absolute atomic E-state index is 0.0632. The smallest absolute Gasteiger partial charge is 0.257 e. The highest BCUT2D eigenvalue weighted by molar-refractivity contribution is 7.13. The second-order valence-corrected chi connectivity index (χ2v) is 8.32. The Balaban J connectivity index is 1.53. The van der Waals surface area contributed by atoms with Gasteiger partial charge in [0, 0.05) is 49.2 Å². The molecular weight excluding hydrogens is 456 g/mol. The predicted octanol–water partition coefficient (Wildman–Crippen LogP) is 5.35. The number of anilines is 1. The number of ether oxygens (including phenoxy) is 3. The Bertz CT molecular complexity index is 1220. The van der Waals surface area contributed by atoms with Gasteiger partial charge in [0.15, 0.2) is 5.13 Å². The lowest BCUT2D eigenvalue weighted by molar-refractivity contribution is 0.0953. The van der Waals surface area contributed by atoms with Crippen molar-refractivity contribution in [3.63, 3.8) is 0 Å². The van der Waals surface area contributed by atoms with E-state index in [0.29, 0.717) is 52.8 Å². The Hall–Kier alpha value is -3.76. The van der Waals surface area contributed by atoms with Crippen molar-refractivity contribution in [3.05, 3.63) is 65.5 Å². The molecule has 34 heavy (non-hydrogen) atoms. The van der Waals surface area contributed by atoms with E-state index in [1.807, 2.05) is 19.1 Å². The number of hydrogen-bond donors (Lipinski definition) is 1. The quantitative estimate of drug-likeness (QED) is 0.324. The molecule has 2 aromatic heterocycles. The molecule has 10 heteroatoms. The maximum absolute atomic E-state index is 12.8. The molecule has 0 radical (unpaired) electrons. The fourth-order valence-electron chi connectivity index (χ4n) is 2.97. The van der Waals surface area contributed by atoms with Crippen LogP contribution < -0.4 is 14.8 Å². The highest BCUT2D eigenvalue weighted by Gasteiger charge is 2.13. The van der Waals surface area contributed by atoms with Gasteiger partial charge in [-0.2, -0.15) is 0 Å². The molecule has 0 saturated carbocycles. The van der Waals surface area contributed by atoms with E-state index in [1.54, 1.807) is 55.9 Å². The fourth-order valence-corrected chi connectivity index (χ4v) is 3.50. The highest BCUT2D eigenvalue weighted by Crippen LogP contribution is 2.30. The molecule has 0 saturated heterocycles. The monoisotopic (exact) mass is 480 g/mol. The number of hydrogen-bond acceptors (Lipinski definition) is 9. The van der Waals surface area contributed by atoms with Crippen LogP contribution in [0.15, 0.2) is 58.5 Å². The Morgan fingerprint density at radius 2 is 1.91 bits per heavy atom. The van der Waals surface area contributed by atoms with Crippen LogP contribution in [0.25, 0.3) is 11.5 Å². The molecule has 0 aliphatic carbocycles. The van der Waals surface area contributed by atoms with E-state index in [4.69, 9.17) is 18.6 Å². The molecule has 0 aliphatic heterocycles. The van der Waals surface area contributed by atoms with Crippen LogP contribution in [0.5, 0.6) is 17.2 Å². The first-order chi connectivity index (χ1) is 16.5. The largest absolute Gasteiger partial charge is 0.493 e. The molecule has 1 unspecified atom stereocenters. The molecular formula is C24H24N4O5S. The minimum Gasteiger partial charge on any atom is -0.493 e. The van der Waals surface area contributed by atoms with Crippen molar-refractivity contribution in [2.24, 2.45) is 0 Å². The number of nitrogens with zero attached hydrogens (tertiary/aromatic N) is 3. The summed E-state index contributed by atoms with van der Waals surface area (Å²) >= 11 is 1.34. The number of methoxy groups -OCH3 is 1. The SMILES string of the molecule is COC(C)CCOc1cc(Oc2ccc(-c3nnc(C)o3)cc2)cc(C(=O)Nc2nccs2)c1. The average molecular weight is 481 g/mol. The lowest BCUT2D eigenvalue weighted by Crippen LogP contribution is -2.13. The molecule has 4 rings (SSSR count). The summed E-state index contributed by atoms with van der Waals surface area (Å²) in [6.07, 6.45) is 2.40. The van der Waals surface area contributed by atoms with Crippen LogP contribution in [0.3, 0.4) is 0 Å². The summed E-state index contributed by atoms with van der Waals surface area (Å²) in [5.41, 5.74) is 1.17. The van der Waals surface area contributed by atoms with E-state index in [2.05, 4.69) is 20.5 Å². The Morgan fingerprint density at radius 3 is 2.59 bits per heavy atom. The minimum atomic E-state index is -0.308. The van der Waals surface area contributed by atoms with E-state index < -0.39 is 0 Å². The van der Waals surface area contributed by atoms with Gasteiger partial charge in [0.2, 0.25) is 11.8 Å². The van der Waals surface area contributed by atoms with E-state index in [-0.39, 0.29) is 12.0 Å². The van der Waals surface area contributed by atoms with Gasteiger partial charge in [0.25, 0.3) is 5.91 Å². The zero-order valence-corrected chi connectivity index (χ0v) is 19.8. The van der Waals surface area contributed by atoms with Crippen LogP contribution in [0.4, 0.5) is 5.13 Å². The number of amides is 1. The molecule has 176 valence electrons. The molecule has 2 heterocycles. The van der Waals surface area contributed by atoms with Crippen molar-refractivity contribution in [2.45, 2.75) is 26.4 Å². The van der Waals surface area contributed by atoms with Crippen molar-refractivity contribution in [1.29, 1.82) is 0 Å². The van der Waals surface area contributed by atoms with Gasteiger partial charge < -0.3 is 18.6 Å². The lowest BCUT2D eigenvalue weighted by Gasteiger charge is -2.14. The van der Waals surface area contributed by atoms with Gasteiger partial charge in [-0.15, -0.1) is 21.5 Å². The Kier molecular flexibility index (Phi) is 7.51. The summed E-state index contributed by atoms with van der Waals surface area (Å²) < 4.78 is 22.6. The molecule has 1 N–H and O–H groups in total. The average Bonchev–Trinajstić information content (AvgIpc) is 3.51. The van der Waals surface area contributed by atoms with Crippen LogP contribution in [-0.2, 0) is 4.74 Å².